The van der Waals surface area contributed by atoms with E-state index in [1.54, 1.807) is 6.92 Å². The van der Waals surface area contributed by atoms with E-state index in [9.17, 15) is 9.59 Å². The predicted octanol–water partition coefficient (Wildman–Crippen LogP) is 3.31. The number of carbonyl (C=O) groups is 2. The minimum Gasteiger partial charge on any atom is -0.490 e. The zero-order chi connectivity index (χ0) is 17.9. The predicted molar refractivity (Wildman–Crippen MR) is 90.6 cm³/mol. The summed E-state index contributed by atoms with van der Waals surface area (Å²) in [6, 6.07) is 2.96. The van der Waals surface area contributed by atoms with Gasteiger partial charge in [0.25, 0.3) is 5.91 Å². The fourth-order valence-electron chi connectivity index (χ4n) is 1.77. The summed E-state index contributed by atoms with van der Waals surface area (Å²) in [5.41, 5.74) is 4.59. The molecule has 2 N–H and O–H groups in total. The Hall–Kier alpha value is -2.15. The number of hydrazine groups is 1. The van der Waals surface area contributed by atoms with Crippen LogP contribution >= 0.6 is 11.6 Å². The van der Waals surface area contributed by atoms with Gasteiger partial charge < -0.3 is 14.2 Å². The van der Waals surface area contributed by atoms with Crippen molar-refractivity contribution < 1.29 is 23.8 Å². The third-order valence-electron chi connectivity index (χ3n) is 2.87. The molecule has 0 heterocycles. The van der Waals surface area contributed by atoms with Crippen LogP contribution in [0.4, 0.5) is 4.79 Å². The molecule has 0 radical (unpaired) electrons. The third kappa shape index (κ3) is 6.16. The zero-order valence-electron chi connectivity index (χ0n) is 14.1. The topological polar surface area (TPSA) is 85.9 Å². The quantitative estimate of drug-likeness (QED) is 0.550. The van der Waals surface area contributed by atoms with E-state index in [-0.39, 0.29) is 17.2 Å². The first-order valence-electron chi connectivity index (χ1n) is 7.85. The van der Waals surface area contributed by atoms with Crippen molar-refractivity contribution in [3.63, 3.8) is 0 Å². The van der Waals surface area contributed by atoms with Gasteiger partial charge in [0.2, 0.25) is 0 Å². The average Bonchev–Trinajstić information content (AvgIpc) is 2.55. The molecule has 7 nitrogen and oxygen atoms in total. The average molecular weight is 359 g/mol. The molecule has 0 spiro atoms. The van der Waals surface area contributed by atoms with E-state index in [1.807, 2.05) is 6.92 Å². The fourth-order valence-corrected chi connectivity index (χ4v) is 2.03. The van der Waals surface area contributed by atoms with Gasteiger partial charge in [0.1, 0.15) is 0 Å². The van der Waals surface area contributed by atoms with Crippen molar-refractivity contribution in [2.24, 2.45) is 0 Å². The summed E-state index contributed by atoms with van der Waals surface area (Å²) in [7, 11) is 0. The number of ether oxygens (including phenoxy) is 3. The Labute approximate surface area is 146 Å². The van der Waals surface area contributed by atoms with Crippen LogP contribution in [0.3, 0.4) is 0 Å². The van der Waals surface area contributed by atoms with Gasteiger partial charge in [-0.25, -0.2) is 10.2 Å². The van der Waals surface area contributed by atoms with Crippen molar-refractivity contribution in [1.29, 1.82) is 0 Å². The summed E-state index contributed by atoms with van der Waals surface area (Å²) in [4.78, 5) is 23.3. The summed E-state index contributed by atoms with van der Waals surface area (Å²) in [6.07, 6.45) is 1.12. The molecule has 1 aromatic carbocycles. The van der Waals surface area contributed by atoms with Crippen molar-refractivity contribution in [3.05, 3.63) is 22.7 Å². The number of nitrogens with one attached hydrogen (secondary N) is 2. The number of hydrogen-bond donors (Lipinski definition) is 2. The van der Waals surface area contributed by atoms with Gasteiger partial charge in [-0.05, 0) is 32.4 Å². The maximum Gasteiger partial charge on any atom is 0.426 e. The number of benzene rings is 1. The van der Waals surface area contributed by atoms with Crippen molar-refractivity contribution in [2.45, 2.75) is 33.6 Å². The second-order valence-electron chi connectivity index (χ2n) is 4.72. The van der Waals surface area contributed by atoms with Crippen LogP contribution in [0.25, 0.3) is 0 Å². The Morgan fingerprint density at radius 3 is 2.46 bits per heavy atom. The molecule has 0 aliphatic heterocycles. The Morgan fingerprint density at radius 2 is 1.83 bits per heavy atom. The molecule has 24 heavy (non-hydrogen) atoms. The second kappa shape index (κ2) is 10.6. The van der Waals surface area contributed by atoms with Gasteiger partial charge in [0.15, 0.2) is 11.5 Å². The van der Waals surface area contributed by atoms with Gasteiger partial charge in [-0.3, -0.25) is 10.2 Å². The first kappa shape index (κ1) is 19.9. The molecule has 0 aromatic heterocycles. The molecule has 0 atom stereocenters. The molecule has 0 fully saturated rings. The van der Waals surface area contributed by atoms with E-state index in [0.717, 1.165) is 12.8 Å². The molecule has 0 aliphatic rings. The van der Waals surface area contributed by atoms with Gasteiger partial charge in [0, 0.05) is 5.56 Å². The van der Waals surface area contributed by atoms with E-state index >= 15 is 0 Å². The van der Waals surface area contributed by atoms with Crippen LogP contribution < -0.4 is 20.3 Å². The van der Waals surface area contributed by atoms with Crippen LogP contribution in [0.1, 0.15) is 44.0 Å². The van der Waals surface area contributed by atoms with E-state index in [1.165, 1.54) is 12.1 Å². The van der Waals surface area contributed by atoms with E-state index < -0.39 is 12.0 Å². The first-order chi connectivity index (χ1) is 11.5. The summed E-state index contributed by atoms with van der Waals surface area (Å²) in [6.45, 7) is 6.63. The molecule has 0 saturated heterocycles. The highest BCUT2D eigenvalue weighted by atomic mass is 35.5. The summed E-state index contributed by atoms with van der Waals surface area (Å²) < 4.78 is 15.8. The monoisotopic (exact) mass is 358 g/mol. The van der Waals surface area contributed by atoms with Crippen LogP contribution in [0.2, 0.25) is 5.02 Å². The highest BCUT2D eigenvalue weighted by Gasteiger charge is 2.17. The summed E-state index contributed by atoms with van der Waals surface area (Å²) in [5, 5.41) is 0.262. The van der Waals surface area contributed by atoms with Gasteiger partial charge in [-0.1, -0.05) is 24.9 Å². The molecule has 8 heteroatoms. The molecule has 0 bridgehead atoms. The van der Waals surface area contributed by atoms with Crippen molar-refractivity contribution in [2.75, 3.05) is 19.8 Å². The van der Waals surface area contributed by atoms with E-state index in [0.29, 0.717) is 24.7 Å². The molecule has 134 valence electrons. The van der Waals surface area contributed by atoms with E-state index in [2.05, 4.69) is 22.5 Å². The highest BCUT2D eigenvalue weighted by Crippen LogP contribution is 2.36. The molecule has 1 aromatic rings. The largest absolute Gasteiger partial charge is 0.490 e. The normalized spacial score (nSPS) is 10.0. The molecule has 2 amide bonds. The van der Waals surface area contributed by atoms with Crippen LogP contribution in [0.5, 0.6) is 11.5 Å². The number of amides is 2. The summed E-state index contributed by atoms with van der Waals surface area (Å²) in [5.74, 6) is 0.232. The maximum atomic E-state index is 12.1. The highest BCUT2D eigenvalue weighted by molar-refractivity contribution is 6.32. The van der Waals surface area contributed by atoms with Gasteiger partial charge in [0.05, 0.1) is 24.8 Å². The second-order valence-corrected chi connectivity index (χ2v) is 5.13. The number of carbonyl (C=O) groups excluding carboxylic acids is 2. The van der Waals surface area contributed by atoms with Gasteiger partial charge >= 0.3 is 6.09 Å². The Morgan fingerprint density at radius 1 is 1.08 bits per heavy atom. The lowest BCUT2D eigenvalue weighted by atomic mass is 10.2. The lowest BCUT2D eigenvalue weighted by Crippen LogP contribution is -2.41. The molecule has 0 aliphatic carbocycles. The number of hydrogen-bond acceptors (Lipinski definition) is 5. The fraction of sp³-hybridized carbons (Fsp3) is 0.500. The third-order valence-corrected chi connectivity index (χ3v) is 3.15. The lowest BCUT2D eigenvalue weighted by molar-refractivity contribution is 0.0912. The van der Waals surface area contributed by atoms with Crippen LogP contribution in [-0.4, -0.2) is 31.8 Å². The van der Waals surface area contributed by atoms with Crippen LogP contribution in [0, 0.1) is 0 Å². The number of rotatable bonds is 8. The Kier molecular flexibility index (Phi) is 8.78. The Balaban J connectivity index is 2.88. The molecular weight excluding hydrogens is 336 g/mol. The number of unbranched alkanes of at least 4 members (excludes halogenated alkanes) is 1. The maximum absolute atomic E-state index is 12.1. The standard InChI is InChI=1S/C16H23ClN2O5/c1-4-7-8-24-14-12(17)9-11(10-13(14)22-5-2)15(20)18-19-16(21)23-6-3/h9-10H,4-8H2,1-3H3,(H,18,20)(H,19,21). The van der Waals surface area contributed by atoms with Crippen molar-refractivity contribution in [3.8, 4) is 11.5 Å². The van der Waals surface area contributed by atoms with Crippen LogP contribution in [0.15, 0.2) is 12.1 Å². The van der Waals surface area contributed by atoms with Gasteiger partial charge in [-0.15, -0.1) is 0 Å². The SMILES string of the molecule is CCCCOc1c(Cl)cc(C(=O)NNC(=O)OCC)cc1OCC. The first-order valence-corrected chi connectivity index (χ1v) is 8.23. The summed E-state index contributed by atoms with van der Waals surface area (Å²) >= 11 is 6.21. The van der Waals surface area contributed by atoms with Crippen molar-refractivity contribution in [1.82, 2.24) is 10.9 Å². The smallest absolute Gasteiger partial charge is 0.426 e. The minimum atomic E-state index is -0.749. The minimum absolute atomic E-state index is 0.200. The zero-order valence-corrected chi connectivity index (χ0v) is 14.9. The molecule has 1 rings (SSSR count). The van der Waals surface area contributed by atoms with Gasteiger partial charge in [-0.2, -0.15) is 0 Å². The van der Waals surface area contributed by atoms with Crippen molar-refractivity contribution >= 4 is 23.6 Å². The molecule has 0 unspecified atom stereocenters. The Bertz CT molecular complexity index is 566. The molecular formula is C16H23ClN2O5. The molecule has 0 saturated carbocycles. The lowest BCUT2D eigenvalue weighted by Gasteiger charge is -2.15. The van der Waals surface area contributed by atoms with E-state index in [4.69, 9.17) is 21.1 Å². The van der Waals surface area contributed by atoms with Crippen LogP contribution in [-0.2, 0) is 4.74 Å². The number of halogens is 1.